The van der Waals surface area contributed by atoms with E-state index in [2.05, 4.69) is 5.10 Å². The third-order valence-electron chi connectivity index (χ3n) is 4.75. The highest BCUT2D eigenvalue weighted by Gasteiger charge is 2.26. The van der Waals surface area contributed by atoms with Gasteiger partial charge in [0.2, 0.25) is 0 Å². The predicted octanol–water partition coefficient (Wildman–Crippen LogP) is 2.74. The van der Waals surface area contributed by atoms with E-state index in [0.29, 0.717) is 11.3 Å². The van der Waals surface area contributed by atoms with Gasteiger partial charge < -0.3 is 4.74 Å². The molecule has 0 saturated carbocycles. The zero-order valence-electron chi connectivity index (χ0n) is 14.2. The van der Waals surface area contributed by atoms with Crippen LogP contribution in [0.4, 0.5) is 0 Å². The molecule has 0 saturated heterocycles. The lowest BCUT2D eigenvalue weighted by molar-refractivity contribution is 0.0597. The number of esters is 1. The van der Waals surface area contributed by atoms with Crippen molar-refractivity contribution in [1.29, 1.82) is 0 Å². The molecule has 0 amide bonds. The van der Waals surface area contributed by atoms with Gasteiger partial charge in [-0.1, -0.05) is 23.5 Å². The second kappa shape index (κ2) is 6.15. The SMILES string of the molecule is COC(=O)c1c(Cn2c(=O)sc3c(C)cccc32)nn2c1CCCC2. The standard InChI is InChI=1S/C18H19N3O3S/c1-11-6-5-8-14-16(11)25-18(23)20(14)10-12-15(17(22)24-2)13-7-3-4-9-21(13)19-12/h5-6,8H,3-4,7,9-10H2,1-2H3. The molecule has 0 atom stereocenters. The van der Waals surface area contributed by atoms with E-state index in [1.54, 1.807) is 4.57 Å². The third-order valence-corrected chi connectivity index (χ3v) is 5.88. The van der Waals surface area contributed by atoms with Gasteiger partial charge in [0.25, 0.3) is 0 Å². The maximum atomic E-state index is 12.5. The second-order valence-corrected chi connectivity index (χ2v) is 7.28. The van der Waals surface area contributed by atoms with Crippen LogP contribution in [-0.4, -0.2) is 27.4 Å². The first-order valence-electron chi connectivity index (χ1n) is 8.36. The lowest BCUT2D eigenvalue weighted by Crippen LogP contribution is -2.16. The van der Waals surface area contributed by atoms with Gasteiger partial charge in [-0.25, -0.2) is 4.79 Å². The van der Waals surface area contributed by atoms with E-state index < -0.39 is 0 Å². The number of nitrogens with zero attached hydrogens (tertiary/aromatic N) is 3. The molecule has 3 heterocycles. The van der Waals surface area contributed by atoms with Gasteiger partial charge in [-0.15, -0.1) is 0 Å². The Hall–Kier alpha value is -2.41. The molecule has 0 N–H and O–H groups in total. The van der Waals surface area contributed by atoms with Gasteiger partial charge >= 0.3 is 10.8 Å². The van der Waals surface area contributed by atoms with Crippen LogP contribution in [-0.2, 0) is 24.2 Å². The molecule has 3 aromatic rings. The van der Waals surface area contributed by atoms with Gasteiger partial charge in [0, 0.05) is 6.54 Å². The molecule has 6 nitrogen and oxygen atoms in total. The Morgan fingerprint density at radius 1 is 1.36 bits per heavy atom. The fourth-order valence-corrected chi connectivity index (χ4v) is 4.48. The van der Waals surface area contributed by atoms with E-state index in [-0.39, 0.29) is 17.4 Å². The molecular weight excluding hydrogens is 338 g/mol. The maximum absolute atomic E-state index is 12.5. The summed E-state index contributed by atoms with van der Waals surface area (Å²) in [7, 11) is 1.38. The molecule has 25 heavy (non-hydrogen) atoms. The van der Waals surface area contributed by atoms with Gasteiger partial charge in [-0.2, -0.15) is 5.10 Å². The number of fused-ring (bicyclic) bond motifs is 2. The Kier molecular flexibility index (Phi) is 3.95. The summed E-state index contributed by atoms with van der Waals surface area (Å²) in [5, 5.41) is 4.63. The number of thiazole rings is 1. The Bertz CT molecular complexity index is 1030. The molecule has 130 valence electrons. The first-order chi connectivity index (χ1) is 12.1. The summed E-state index contributed by atoms with van der Waals surface area (Å²) in [5.41, 5.74) is 4.04. The van der Waals surface area contributed by atoms with Crippen LogP contribution in [0, 0.1) is 6.92 Å². The fourth-order valence-electron chi connectivity index (χ4n) is 3.52. The van der Waals surface area contributed by atoms with Crippen molar-refractivity contribution < 1.29 is 9.53 Å². The van der Waals surface area contributed by atoms with Crippen LogP contribution in [0.15, 0.2) is 23.0 Å². The lowest BCUT2D eigenvalue weighted by Gasteiger charge is -2.13. The van der Waals surface area contributed by atoms with E-state index >= 15 is 0 Å². The highest BCUT2D eigenvalue weighted by atomic mass is 32.1. The summed E-state index contributed by atoms with van der Waals surface area (Å²) in [6, 6.07) is 5.88. The van der Waals surface area contributed by atoms with E-state index in [1.165, 1.54) is 18.4 Å². The van der Waals surface area contributed by atoms with E-state index in [0.717, 1.165) is 47.3 Å². The maximum Gasteiger partial charge on any atom is 0.341 e. The average Bonchev–Trinajstić information content (AvgIpc) is 3.14. The molecule has 0 aliphatic carbocycles. The zero-order chi connectivity index (χ0) is 17.6. The minimum absolute atomic E-state index is 0.0360. The van der Waals surface area contributed by atoms with Crippen molar-refractivity contribution in [3.05, 3.63) is 50.4 Å². The van der Waals surface area contributed by atoms with Crippen molar-refractivity contribution in [1.82, 2.24) is 14.3 Å². The Balaban J connectivity index is 1.86. The van der Waals surface area contributed by atoms with Crippen LogP contribution in [0.1, 0.15) is 40.2 Å². The van der Waals surface area contributed by atoms with E-state index in [4.69, 9.17) is 4.74 Å². The number of hydrogen-bond donors (Lipinski definition) is 0. The summed E-state index contributed by atoms with van der Waals surface area (Å²) in [4.78, 5) is 24.8. The number of carbonyl (C=O) groups excluding carboxylic acids is 1. The molecule has 7 heteroatoms. The number of carbonyl (C=O) groups is 1. The number of ether oxygens (including phenoxy) is 1. The first kappa shape index (κ1) is 16.1. The van der Waals surface area contributed by atoms with Crippen molar-refractivity contribution in [2.75, 3.05) is 7.11 Å². The topological polar surface area (TPSA) is 66.1 Å². The summed E-state index contributed by atoms with van der Waals surface area (Å²) in [5.74, 6) is -0.373. The van der Waals surface area contributed by atoms with Crippen molar-refractivity contribution in [2.24, 2.45) is 0 Å². The molecule has 0 spiro atoms. The minimum atomic E-state index is -0.373. The molecule has 2 aromatic heterocycles. The Labute approximate surface area is 148 Å². The molecule has 1 aliphatic heterocycles. The number of aromatic nitrogens is 3. The van der Waals surface area contributed by atoms with Crippen LogP contribution >= 0.6 is 11.3 Å². The van der Waals surface area contributed by atoms with Gasteiger partial charge in [-0.3, -0.25) is 14.0 Å². The minimum Gasteiger partial charge on any atom is -0.465 e. The lowest BCUT2D eigenvalue weighted by atomic mass is 10.0. The summed E-state index contributed by atoms with van der Waals surface area (Å²) in [6.45, 7) is 3.09. The molecule has 0 fully saturated rings. The van der Waals surface area contributed by atoms with Gasteiger partial charge in [0.05, 0.1) is 35.3 Å². The molecular formula is C18H19N3O3S. The van der Waals surface area contributed by atoms with Crippen LogP contribution < -0.4 is 4.87 Å². The van der Waals surface area contributed by atoms with Crippen molar-refractivity contribution >= 4 is 27.5 Å². The highest BCUT2D eigenvalue weighted by Crippen LogP contribution is 2.26. The van der Waals surface area contributed by atoms with Crippen molar-refractivity contribution in [2.45, 2.75) is 39.3 Å². The molecule has 0 bridgehead atoms. The Morgan fingerprint density at radius 2 is 2.20 bits per heavy atom. The van der Waals surface area contributed by atoms with Crippen LogP contribution in [0.2, 0.25) is 0 Å². The third kappa shape index (κ3) is 2.59. The summed E-state index contributed by atoms with van der Waals surface area (Å²) >= 11 is 1.24. The fraction of sp³-hybridized carbons (Fsp3) is 0.389. The molecule has 4 rings (SSSR count). The first-order valence-corrected chi connectivity index (χ1v) is 9.17. The van der Waals surface area contributed by atoms with Gasteiger partial charge in [-0.05, 0) is 37.8 Å². The molecule has 0 radical (unpaired) electrons. The monoisotopic (exact) mass is 357 g/mol. The number of rotatable bonds is 3. The van der Waals surface area contributed by atoms with Crippen LogP contribution in [0.3, 0.4) is 0 Å². The van der Waals surface area contributed by atoms with E-state index in [1.807, 2.05) is 29.8 Å². The predicted molar refractivity (Wildman–Crippen MR) is 96.4 cm³/mol. The number of hydrogen-bond acceptors (Lipinski definition) is 5. The molecule has 0 unspecified atom stereocenters. The highest BCUT2D eigenvalue weighted by molar-refractivity contribution is 7.16. The summed E-state index contributed by atoms with van der Waals surface area (Å²) in [6.07, 6.45) is 2.90. The Morgan fingerprint density at radius 3 is 3.00 bits per heavy atom. The van der Waals surface area contributed by atoms with Crippen LogP contribution in [0.5, 0.6) is 0 Å². The smallest absolute Gasteiger partial charge is 0.341 e. The average molecular weight is 357 g/mol. The second-order valence-electron chi connectivity index (χ2n) is 6.32. The number of methoxy groups -OCH3 is 1. The van der Waals surface area contributed by atoms with Gasteiger partial charge in [0.1, 0.15) is 5.56 Å². The van der Waals surface area contributed by atoms with E-state index in [9.17, 15) is 9.59 Å². The summed E-state index contributed by atoms with van der Waals surface area (Å²) < 4.78 is 9.56. The quantitative estimate of drug-likeness (QED) is 0.676. The van der Waals surface area contributed by atoms with Gasteiger partial charge in [0.15, 0.2) is 0 Å². The molecule has 1 aliphatic rings. The van der Waals surface area contributed by atoms with Crippen LogP contribution in [0.25, 0.3) is 10.2 Å². The largest absolute Gasteiger partial charge is 0.465 e. The normalized spacial score (nSPS) is 13.8. The number of aryl methyl sites for hydroxylation is 2. The van der Waals surface area contributed by atoms with Crippen molar-refractivity contribution in [3.63, 3.8) is 0 Å². The zero-order valence-corrected chi connectivity index (χ0v) is 15.1. The molecule has 1 aromatic carbocycles. The van der Waals surface area contributed by atoms with Crippen molar-refractivity contribution in [3.8, 4) is 0 Å². The number of benzene rings is 1.